The van der Waals surface area contributed by atoms with Crippen LogP contribution >= 0.6 is 25.6 Å². The Hall–Kier alpha value is -2.43. The van der Waals surface area contributed by atoms with Crippen LogP contribution in [0.15, 0.2) is 25.3 Å². The molecular weight excluding hydrogens is 674 g/mol. The van der Waals surface area contributed by atoms with Crippen molar-refractivity contribution in [2.24, 2.45) is 0 Å². The third kappa shape index (κ3) is 6.57. The van der Waals surface area contributed by atoms with Crippen molar-refractivity contribution in [1.29, 1.82) is 0 Å². The number of aliphatic hydroxyl groups is 2. The molecule has 2 fully saturated rings. The summed E-state index contributed by atoms with van der Waals surface area (Å²) in [6, 6.07) is -1.10. The maximum Gasteiger partial charge on any atom is 0.324 e. The van der Waals surface area contributed by atoms with Crippen LogP contribution in [0.5, 0.6) is 0 Å². The molecule has 0 saturated carbocycles. The molecule has 4 aromatic rings. The summed E-state index contributed by atoms with van der Waals surface area (Å²) in [7, 11) is 1.44. The summed E-state index contributed by atoms with van der Waals surface area (Å²) in [6.07, 6.45) is -0.569. The molecule has 0 bridgehead atoms. The molecular formula is C21H30N12O8P2S2. The average Bonchev–Trinajstić information content (AvgIpc) is 3.77. The molecule has 45 heavy (non-hydrogen) atoms. The van der Waals surface area contributed by atoms with E-state index in [0.29, 0.717) is 16.7 Å². The van der Waals surface area contributed by atoms with Crippen LogP contribution in [0.2, 0.25) is 0 Å². The monoisotopic (exact) mass is 704 g/mol. The van der Waals surface area contributed by atoms with E-state index in [2.05, 4.69) is 52.3 Å². The lowest BCUT2D eigenvalue weighted by Crippen LogP contribution is -2.44. The molecule has 2 unspecified atom stereocenters. The molecule has 4 aromatic heterocycles. The Bertz CT molecular complexity index is 1800. The van der Waals surface area contributed by atoms with E-state index in [4.69, 9.17) is 41.8 Å². The predicted molar refractivity (Wildman–Crippen MR) is 165 cm³/mol. The van der Waals surface area contributed by atoms with Crippen molar-refractivity contribution in [3.05, 3.63) is 25.3 Å². The first kappa shape index (κ1) is 32.5. The Morgan fingerprint density at radius 1 is 1.00 bits per heavy atom. The maximum absolute atomic E-state index is 13.6. The van der Waals surface area contributed by atoms with E-state index in [0.717, 1.165) is 0 Å². The fourth-order valence-corrected chi connectivity index (χ4v) is 7.52. The van der Waals surface area contributed by atoms with Crippen molar-refractivity contribution in [2.45, 2.75) is 49.3 Å². The van der Waals surface area contributed by atoms with E-state index >= 15 is 0 Å². The molecule has 244 valence electrons. The van der Waals surface area contributed by atoms with Crippen LogP contribution in [-0.4, -0.2) is 105 Å². The zero-order valence-corrected chi connectivity index (χ0v) is 26.8. The summed E-state index contributed by atoms with van der Waals surface area (Å²) in [6.45, 7) is -7.89. The lowest BCUT2D eigenvalue weighted by molar-refractivity contribution is -0.0461. The summed E-state index contributed by atoms with van der Waals surface area (Å²) in [4.78, 5) is 34.8. The van der Waals surface area contributed by atoms with Crippen molar-refractivity contribution in [1.82, 2.24) is 49.2 Å². The highest BCUT2D eigenvalue weighted by molar-refractivity contribution is 8.45. The van der Waals surface area contributed by atoms with Crippen LogP contribution in [-0.2, 0) is 34.9 Å². The van der Waals surface area contributed by atoms with Gasteiger partial charge in [0.25, 0.3) is 6.64 Å². The normalized spacial score (nSPS) is 29.8. The molecule has 0 spiro atoms. The molecule has 20 nitrogen and oxygen atoms in total. The zero-order valence-electron chi connectivity index (χ0n) is 23.3. The number of anilines is 2. The molecule has 6 rings (SSSR count). The van der Waals surface area contributed by atoms with Gasteiger partial charge in [-0.2, -0.15) is 0 Å². The molecule has 24 heteroatoms. The molecule has 6 heterocycles. The first-order chi connectivity index (χ1) is 21.4. The minimum atomic E-state index is -3.98. The van der Waals surface area contributed by atoms with Crippen molar-refractivity contribution < 1.29 is 38.2 Å². The minimum Gasteiger partial charge on any atom is -0.388 e. The standard InChI is InChI=1S/C21H30N12O8P2S2/c1-24-42(36,44)39-4-11-12(15(35)21(41-11)33-8-30-14-17(23)26-6-28-19(14)33)31-43(37,45)38-3-9-2-10(34)20(40-9)32-7-29-13-16(22)25-5-27-18(13)32/h5-12,15,20-21,34-35H,2-4H2,1H3,(H2,22,25,27)(H2,23,26,28)(H2,24,36,44)(H2,31,37,45)/t9-,10+,11+,12+,15+,20+,21+,42?,43?/m0/s1. The largest absolute Gasteiger partial charge is 0.388 e. The van der Waals surface area contributed by atoms with Gasteiger partial charge in [-0.25, -0.2) is 40.1 Å². The summed E-state index contributed by atoms with van der Waals surface area (Å²) >= 11 is 9.25. The fraction of sp³-hybridized carbons (Fsp3) is 0.524. The third-order valence-corrected chi connectivity index (χ3v) is 11.1. The number of nitrogens with zero attached hydrogens (tertiary/aromatic N) is 8. The molecule has 9 atom stereocenters. The first-order valence-electron chi connectivity index (χ1n) is 13.3. The van der Waals surface area contributed by atoms with Gasteiger partial charge in [0.1, 0.15) is 42.0 Å². The second-order valence-corrected chi connectivity index (χ2v) is 16.6. The number of rotatable bonds is 11. The summed E-state index contributed by atoms with van der Waals surface area (Å²) in [5, 5.41) is 27.3. The molecule has 0 aliphatic carbocycles. The predicted octanol–water partition coefficient (Wildman–Crippen LogP) is -0.797. The van der Waals surface area contributed by atoms with Gasteiger partial charge in [-0.3, -0.25) is 13.7 Å². The topological polar surface area (TPSA) is 278 Å². The molecule has 9 N–H and O–H groups in total. The maximum atomic E-state index is 13.6. The SMILES string of the molecule is CNP(O)(=S)OC[C@H]1O[C@@H](n2cnc3c(N)ncnc32)[C@H](O)[C@@H]1NP(=O)(S)OC[C@@H]1C[C@@H](O)[C@H](n2cnc3c(N)ncnc32)O1. The van der Waals surface area contributed by atoms with E-state index < -0.39 is 56.3 Å². The van der Waals surface area contributed by atoms with E-state index in [1.165, 1.54) is 41.5 Å². The molecule has 0 amide bonds. The van der Waals surface area contributed by atoms with Gasteiger partial charge in [0.15, 0.2) is 35.4 Å². The van der Waals surface area contributed by atoms with Crippen molar-refractivity contribution >= 4 is 71.4 Å². The van der Waals surface area contributed by atoms with Gasteiger partial charge in [-0.15, -0.1) is 0 Å². The third-order valence-electron chi connectivity index (χ3n) is 7.31. The number of nitrogens with two attached hydrogens (primary N) is 2. The highest BCUT2D eigenvalue weighted by Crippen LogP contribution is 2.51. The first-order valence-corrected chi connectivity index (χ1v) is 18.8. The van der Waals surface area contributed by atoms with E-state index in [-0.39, 0.29) is 36.9 Å². The Balaban J connectivity index is 1.16. The second kappa shape index (κ2) is 12.6. The van der Waals surface area contributed by atoms with Crippen LogP contribution in [0.4, 0.5) is 11.6 Å². The van der Waals surface area contributed by atoms with Crippen LogP contribution in [0.3, 0.4) is 0 Å². The Morgan fingerprint density at radius 3 is 2.20 bits per heavy atom. The molecule has 0 radical (unpaired) electrons. The number of aromatic nitrogens is 8. The van der Waals surface area contributed by atoms with Crippen LogP contribution in [0.25, 0.3) is 22.3 Å². The quantitative estimate of drug-likeness (QED) is 0.0701. The number of thiol groups is 1. The highest BCUT2D eigenvalue weighted by atomic mass is 32.7. The van der Waals surface area contributed by atoms with Gasteiger partial charge < -0.3 is 45.1 Å². The van der Waals surface area contributed by atoms with Gasteiger partial charge in [0.2, 0.25) is 0 Å². The molecule has 0 aromatic carbocycles. The van der Waals surface area contributed by atoms with Crippen molar-refractivity contribution in [3.63, 3.8) is 0 Å². The summed E-state index contributed by atoms with van der Waals surface area (Å²) in [5.41, 5.74) is 13.1. The smallest absolute Gasteiger partial charge is 0.324 e. The lowest BCUT2D eigenvalue weighted by atomic mass is 10.1. The summed E-state index contributed by atoms with van der Waals surface area (Å²) < 4.78 is 39.7. The number of ether oxygens (including phenoxy) is 2. The Kier molecular flexibility index (Phi) is 9.13. The molecule has 2 aliphatic rings. The molecule has 2 aliphatic heterocycles. The van der Waals surface area contributed by atoms with Crippen LogP contribution < -0.4 is 21.6 Å². The highest BCUT2D eigenvalue weighted by Gasteiger charge is 2.48. The second-order valence-electron chi connectivity index (χ2n) is 10.2. The van der Waals surface area contributed by atoms with Gasteiger partial charge in [0, 0.05) is 6.42 Å². The number of fused-ring (bicyclic) bond motifs is 2. The zero-order chi connectivity index (χ0) is 32.1. The summed E-state index contributed by atoms with van der Waals surface area (Å²) in [5.74, 6) is 0.310. The number of hydrogen-bond acceptors (Lipinski definition) is 16. The molecule has 2 saturated heterocycles. The number of aliphatic hydroxyl groups excluding tert-OH is 2. The van der Waals surface area contributed by atoms with Gasteiger partial charge in [-0.1, -0.05) is 12.2 Å². The number of nitrogens with one attached hydrogen (secondary N) is 2. The average molecular weight is 705 g/mol. The van der Waals surface area contributed by atoms with E-state index in [1.54, 1.807) is 0 Å². The minimum absolute atomic E-state index is 0.129. The van der Waals surface area contributed by atoms with Crippen LogP contribution in [0.1, 0.15) is 18.9 Å². The van der Waals surface area contributed by atoms with Crippen molar-refractivity contribution in [3.8, 4) is 0 Å². The lowest BCUT2D eigenvalue weighted by Gasteiger charge is -2.26. The number of hydrogen-bond donors (Lipinski definition) is 8. The van der Waals surface area contributed by atoms with E-state index in [1.807, 2.05) is 0 Å². The fourth-order valence-electron chi connectivity index (χ4n) is 5.12. The van der Waals surface area contributed by atoms with Crippen molar-refractivity contribution in [2.75, 3.05) is 31.7 Å². The van der Waals surface area contributed by atoms with Gasteiger partial charge in [0.05, 0.1) is 38.0 Å². The van der Waals surface area contributed by atoms with Gasteiger partial charge >= 0.3 is 6.72 Å². The van der Waals surface area contributed by atoms with Crippen LogP contribution in [0, 0.1) is 0 Å². The number of nitrogen functional groups attached to an aromatic ring is 2. The van der Waals surface area contributed by atoms with Gasteiger partial charge in [-0.05, 0) is 18.9 Å². The Morgan fingerprint density at radius 2 is 1.60 bits per heavy atom. The van der Waals surface area contributed by atoms with E-state index in [9.17, 15) is 19.7 Å². The Labute approximate surface area is 264 Å². The number of imidazole rings is 2.